The largest absolute Gasteiger partial charge is 0.507 e. The summed E-state index contributed by atoms with van der Waals surface area (Å²) in [5.74, 6) is 0.0758. The highest BCUT2D eigenvalue weighted by molar-refractivity contribution is 5.61. The number of halogens is 1. The Hall–Kier alpha value is -1.91. The van der Waals surface area contributed by atoms with E-state index in [9.17, 15) is 9.50 Å². The minimum atomic E-state index is -0.465. The highest BCUT2D eigenvalue weighted by atomic mass is 19.1. The van der Waals surface area contributed by atoms with Crippen LogP contribution in [0.2, 0.25) is 0 Å². The van der Waals surface area contributed by atoms with Crippen molar-refractivity contribution in [2.24, 2.45) is 0 Å². The zero-order chi connectivity index (χ0) is 12.6. The van der Waals surface area contributed by atoms with Gasteiger partial charge in [-0.15, -0.1) is 0 Å². The summed E-state index contributed by atoms with van der Waals surface area (Å²) < 4.78 is 18.1. The second-order valence-electron chi connectivity index (χ2n) is 4.83. The van der Waals surface area contributed by atoms with Crippen molar-refractivity contribution < 1.29 is 14.0 Å². The molecule has 1 N–H and O–H groups in total. The van der Waals surface area contributed by atoms with E-state index in [0.29, 0.717) is 5.82 Å². The van der Waals surface area contributed by atoms with E-state index in [0.717, 1.165) is 6.07 Å². The first-order valence-corrected chi connectivity index (χ1v) is 5.21. The van der Waals surface area contributed by atoms with Crippen molar-refractivity contribution in [2.45, 2.75) is 26.2 Å². The molecule has 90 valence electrons. The molecule has 0 unspecified atom stereocenters. The van der Waals surface area contributed by atoms with E-state index < -0.39 is 5.82 Å². The molecule has 0 saturated heterocycles. The molecular formula is C12H13FN2O2. The summed E-state index contributed by atoms with van der Waals surface area (Å²) in [6.45, 7) is 5.81. The molecule has 0 saturated carbocycles. The van der Waals surface area contributed by atoms with Gasteiger partial charge in [-0.05, 0) is 18.2 Å². The Labute approximate surface area is 98.1 Å². The van der Waals surface area contributed by atoms with Gasteiger partial charge in [0.15, 0.2) is 5.82 Å². The number of nitrogens with zero attached hydrogens (tertiary/aromatic N) is 2. The fourth-order valence-corrected chi connectivity index (χ4v) is 1.32. The lowest BCUT2D eigenvalue weighted by molar-refractivity contribution is 0.399. The van der Waals surface area contributed by atoms with Gasteiger partial charge < -0.3 is 9.63 Å². The minimum absolute atomic E-state index is 0.0875. The number of aromatic hydroxyl groups is 1. The summed E-state index contributed by atoms with van der Waals surface area (Å²) in [6, 6.07) is 3.58. The number of phenolic OH excluding ortho intramolecular Hbond substituents is 1. The molecule has 1 aromatic carbocycles. The molecule has 0 atom stereocenters. The Balaban J connectivity index is 2.47. The maximum atomic E-state index is 13.1. The fourth-order valence-electron chi connectivity index (χ4n) is 1.32. The van der Waals surface area contributed by atoms with Crippen molar-refractivity contribution in [3.8, 4) is 17.2 Å². The quantitative estimate of drug-likeness (QED) is 0.827. The number of hydrogen-bond acceptors (Lipinski definition) is 4. The Kier molecular flexibility index (Phi) is 2.61. The molecule has 0 aliphatic carbocycles. The summed E-state index contributed by atoms with van der Waals surface area (Å²) in [6.07, 6.45) is 0. The first-order valence-electron chi connectivity index (χ1n) is 5.21. The number of hydrogen-bond donors (Lipinski definition) is 1. The molecule has 0 amide bonds. The van der Waals surface area contributed by atoms with Crippen LogP contribution in [0.1, 0.15) is 26.6 Å². The van der Waals surface area contributed by atoms with Gasteiger partial charge in [-0.1, -0.05) is 25.9 Å². The Morgan fingerprint density at radius 2 is 2.00 bits per heavy atom. The number of aromatic nitrogens is 2. The third-order valence-corrected chi connectivity index (χ3v) is 2.29. The second-order valence-corrected chi connectivity index (χ2v) is 4.83. The van der Waals surface area contributed by atoms with Crippen LogP contribution in [0.5, 0.6) is 5.75 Å². The molecule has 0 aliphatic heterocycles. The smallest absolute Gasteiger partial charge is 0.261 e. The molecule has 17 heavy (non-hydrogen) atoms. The van der Waals surface area contributed by atoms with Gasteiger partial charge >= 0.3 is 0 Å². The zero-order valence-electron chi connectivity index (χ0n) is 9.86. The van der Waals surface area contributed by atoms with Crippen molar-refractivity contribution in [2.75, 3.05) is 0 Å². The molecule has 4 nitrogen and oxygen atoms in total. The highest BCUT2D eigenvalue weighted by Gasteiger charge is 2.22. The van der Waals surface area contributed by atoms with Gasteiger partial charge in [0.25, 0.3) is 5.89 Å². The third-order valence-electron chi connectivity index (χ3n) is 2.29. The lowest BCUT2D eigenvalue weighted by Gasteiger charge is -2.10. The van der Waals surface area contributed by atoms with Crippen LogP contribution in [0, 0.1) is 5.82 Å². The maximum Gasteiger partial charge on any atom is 0.261 e. The van der Waals surface area contributed by atoms with E-state index in [1.54, 1.807) is 0 Å². The predicted octanol–water partition coefficient (Wildman–Crippen LogP) is 2.88. The Morgan fingerprint density at radius 3 is 2.59 bits per heavy atom. The molecule has 5 heteroatoms. The highest BCUT2D eigenvalue weighted by Crippen LogP contribution is 2.30. The van der Waals surface area contributed by atoms with Crippen molar-refractivity contribution in [3.05, 3.63) is 29.8 Å². The fraction of sp³-hybridized carbons (Fsp3) is 0.333. The zero-order valence-corrected chi connectivity index (χ0v) is 9.86. The van der Waals surface area contributed by atoms with Gasteiger partial charge in [-0.3, -0.25) is 0 Å². The number of rotatable bonds is 1. The summed E-state index contributed by atoms with van der Waals surface area (Å²) in [4.78, 5) is 4.15. The molecule has 1 heterocycles. The standard InChI is InChI=1S/C12H13FN2O2/c1-12(2,3)11-14-10(17-15-11)8-6-7(13)4-5-9(8)16/h4-6,16H,1-3H3. The van der Waals surface area contributed by atoms with Crippen LogP contribution >= 0.6 is 0 Å². The van der Waals surface area contributed by atoms with Crippen LogP contribution in [0.3, 0.4) is 0 Å². The summed E-state index contributed by atoms with van der Waals surface area (Å²) in [5, 5.41) is 13.4. The Bertz CT molecular complexity index is 544. The van der Waals surface area contributed by atoms with Crippen LogP contribution < -0.4 is 0 Å². The van der Waals surface area contributed by atoms with Gasteiger partial charge in [-0.25, -0.2) is 4.39 Å². The molecule has 0 spiro atoms. The van der Waals surface area contributed by atoms with Gasteiger partial charge in [-0.2, -0.15) is 4.98 Å². The van der Waals surface area contributed by atoms with Crippen molar-refractivity contribution in [3.63, 3.8) is 0 Å². The summed E-state index contributed by atoms with van der Waals surface area (Å²) in [7, 11) is 0. The minimum Gasteiger partial charge on any atom is -0.507 e. The van der Waals surface area contributed by atoms with Gasteiger partial charge in [0.05, 0.1) is 5.56 Å². The second kappa shape index (κ2) is 3.84. The average molecular weight is 236 g/mol. The first-order chi connectivity index (χ1) is 7.88. The van der Waals surface area contributed by atoms with Crippen LogP contribution in [-0.2, 0) is 5.41 Å². The Morgan fingerprint density at radius 1 is 1.29 bits per heavy atom. The van der Waals surface area contributed by atoms with E-state index in [2.05, 4.69) is 10.1 Å². The van der Waals surface area contributed by atoms with E-state index in [1.165, 1.54) is 12.1 Å². The molecule has 0 fully saturated rings. The first kappa shape index (κ1) is 11.6. The van der Waals surface area contributed by atoms with Gasteiger partial charge in [0.2, 0.25) is 0 Å². The lowest BCUT2D eigenvalue weighted by atomic mass is 9.96. The van der Waals surface area contributed by atoms with Crippen molar-refractivity contribution in [1.82, 2.24) is 10.1 Å². The van der Waals surface area contributed by atoms with Crippen LogP contribution in [0.15, 0.2) is 22.7 Å². The third kappa shape index (κ3) is 2.27. The predicted molar refractivity (Wildman–Crippen MR) is 60.1 cm³/mol. The molecular weight excluding hydrogens is 223 g/mol. The van der Waals surface area contributed by atoms with Gasteiger partial charge in [0.1, 0.15) is 11.6 Å². The maximum absolute atomic E-state index is 13.1. The van der Waals surface area contributed by atoms with Crippen molar-refractivity contribution in [1.29, 1.82) is 0 Å². The topological polar surface area (TPSA) is 59.2 Å². The monoisotopic (exact) mass is 236 g/mol. The summed E-state index contributed by atoms with van der Waals surface area (Å²) in [5.41, 5.74) is -0.0574. The summed E-state index contributed by atoms with van der Waals surface area (Å²) >= 11 is 0. The molecule has 0 radical (unpaired) electrons. The molecule has 2 aromatic rings. The molecule has 1 aromatic heterocycles. The number of phenols is 1. The van der Waals surface area contributed by atoms with E-state index in [-0.39, 0.29) is 22.6 Å². The average Bonchev–Trinajstić information content (AvgIpc) is 2.70. The number of benzene rings is 1. The molecule has 0 aliphatic rings. The van der Waals surface area contributed by atoms with Gasteiger partial charge in [0, 0.05) is 5.41 Å². The van der Waals surface area contributed by atoms with Crippen molar-refractivity contribution >= 4 is 0 Å². The van der Waals surface area contributed by atoms with Crippen LogP contribution in [0.25, 0.3) is 11.5 Å². The molecule has 2 rings (SSSR count). The normalized spacial score (nSPS) is 11.8. The van der Waals surface area contributed by atoms with E-state index in [1.807, 2.05) is 20.8 Å². The SMILES string of the molecule is CC(C)(C)c1noc(-c2cc(F)ccc2O)n1. The van der Waals surface area contributed by atoms with Crippen LogP contribution in [-0.4, -0.2) is 15.2 Å². The van der Waals surface area contributed by atoms with E-state index >= 15 is 0 Å². The van der Waals surface area contributed by atoms with Crippen LogP contribution in [0.4, 0.5) is 4.39 Å². The van der Waals surface area contributed by atoms with E-state index in [4.69, 9.17) is 4.52 Å². The molecule has 0 bridgehead atoms. The lowest BCUT2D eigenvalue weighted by Crippen LogP contribution is -2.13.